The number of nitrogens with two attached hydrogens (primary N) is 1. The number of piperidine rings is 1. The van der Waals surface area contributed by atoms with Crippen molar-refractivity contribution in [1.82, 2.24) is 4.31 Å². The number of rotatable bonds is 3. The predicted molar refractivity (Wildman–Crippen MR) is 85.9 cm³/mol. The quantitative estimate of drug-likeness (QED) is 0.626. The van der Waals surface area contributed by atoms with Crippen molar-refractivity contribution in [3.63, 3.8) is 0 Å². The first-order valence-electron chi connectivity index (χ1n) is 6.75. The molecule has 1 unspecified atom stereocenters. The minimum absolute atomic E-state index is 0.0382. The number of hydrogen-bond donors (Lipinski definition) is 1. The second kappa shape index (κ2) is 5.88. The maximum Gasteiger partial charge on any atom is 0.283 e. The molecule has 1 heterocycles. The van der Waals surface area contributed by atoms with Crippen LogP contribution in [0.4, 0.5) is 5.69 Å². The summed E-state index contributed by atoms with van der Waals surface area (Å²) < 4.78 is 27.0. The van der Waals surface area contributed by atoms with Crippen molar-refractivity contribution < 1.29 is 13.3 Å². The molecule has 0 aliphatic carbocycles. The third-order valence-corrected chi connectivity index (χ3v) is 6.51. The number of nitrogens with zero attached hydrogens (tertiary/aromatic N) is 2. The number of nitro groups is 1. The fourth-order valence-electron chi connectivity index (χ4n) is 2.48. The Labute approximate surface area is 137 Å². The SMILES string of the molecule is CC1(C)CN(S(=O)(=O)c2ccc([N+](=O)[O-])c(Br)c2)CCC1N. The van der Waals surface area contributed by atoms with Gasteiger partial charge in [-0.1, -0.05) is 13.8 Å². The molecule has 122 valence electrons. The van der Waals surface area contributed by atoms with Crippen molar-refractivity contribution in [3.05, 3.63) is 32.8 Å². The molecule has 2 N–H and O–H groups in total. The van der Waals surface area contributed by atoms with E-state index in [9.17, 15) is 18.5 Å². The van der Waals surface area contributed by atoms with Gasteiger partial charge in [-0.25, -0.2) is 8.42 Å². The number of hydrogen-bond acceptors (Lipinski definition) is 5. The summed E-state index contributed by atoms with van der Waals surface area (Å²) in [5.41, 5.74) is 5.55. The van der Waals surface area contributed by atoms with E-state index >= 15 is 0 Å². The van der Waals surface area contributed by atoms with Gasteiger partial charge in [-0.15, -0.1) is 0 Å². The molecule has 0 saturated carbocycles. The van der Waals surface area contributed by atoms with Crippen LogP contribution < -0.4 is 5.73 Å². The minimum atomic E-state index is -3.70. The van der Waals surface area contributed by atoms with Crippen LogP contribution in [0.15, 0.2) is 27.6 Å². The normalized spacial score (nSPS) is 22.5. The van der Waals surface area contributed by atoms with Crippen LogP contribution in [0.3, 0.4) is 0 Å². The molecule has 0 amide bonds. The standard InChI is InChI=1S/C13H18BrN3O4S/c1-13(2)8-16(6-5-12(13)15)22(20,21)9-3-4-11(17(18)19)10(14)7-9/h3-4,7,12H,5-6,8,15H2,1-2H3. The molecule has 0 radical (unpaired) electrons. The topological polar surface area (TPSA) is 107 Å². The van der Waals surface area contributed by atoms with E-state index < -0.39 is 14.9 Å². The van der Waals surface area contributed by atoms with Gasteiger partial charge in [-0.2, -0.15) is 4.31 Å². The van der Waals surface area contributed by atoms with Gasteiger partial charge >= 0.3 is 0 Å². The summed E-state index contributed by atoms with van der Waals surface area (Å²) in [6.07, 6.45) is 0.584. The zero-order chi connectivity index (χ0) is 16.7. The van der Waals surface area contributed by atoms with E-state index in [0.29, 0.717) is 19.5 Å². The highest BCUT2D eigenvalue weighted by molar-refractivity contribution is 9.10. The summed E-state index contributed by atoms with van der Waals surface area (Å²) in [6.45, 7) is 4.54. The van der Waals surface area contributed by atoms with E-state index in [2.05, 4.69) is 15.9 Å². The Morgan fingerprint density at radius 1 is 1.45 bits per heavy atom. The van der Waals surface area contributed by atoms with E-state index in [1.165, 1.54) is 22.5 Å². The lowest BCUT2D eigenvalue weighted by atomic mass is 9.81. The fourth-order valence-corrected chi connectivity index (χ4v) is 4.80. The maximum absolute atomic E-state index is 12.7. The fraction of sp³-hybridized carbons (Fsp3) is 0.538. The zero-order valence-corrected chi connectivity index (χ0v) is 14.7. The molecular formula is C13H18BrN3O4S. The van der Waals surface area contributed by atoms with Crippen molar-refractivity contribution in [2.75, 3.05) is 13.1 Å². The molecule has 0 aromatic heterocycles. The van der Waals surface area contributed by atoms with Crippen LogP contribution in [0.1, 0.15) is 20.3 Å². The summed E-state index contributed by atoms with van der Waals surface area (Å²) in [5, 5.41) is 10.8. The second-order valence-corrected chi connectivity index (χ2v) is 8.88. The van der Waals surface area contributed by atoms with Crippen molar-refractivity contribution in [2.45, 2.75) is 31.2 Å². The second-order valence-electron chi connectivity index (χ2n) is 6.09. The first-order valence-corrected chi connectivity index (χ1v) is 8.99. The summed E-state index contributed by atoms with van der Waals surface area (Å²) >= 11 is 3.05. The maximum atomic E-state index is 12.7. The molecule has 1 aromatic carbocycles. The largest absolute Gasteiger partial charge is 0.327 e. The molecule has 1 aliphatic heterocycles. The Morgan fingerprint density at radius 3 is 2.59 bits per heavy atom. The van der Waals surface area contributed by atoms with Crippen LogP contribution in [0.5, 0.6) is 0 Å². The molecule has 0 spiro atoms. The molecule has 1 fully saturated rings. The monoisotopic (exact) mass is 391 g/mol. The van der Waals surface area contributed by atoms with E-state index in [1.54, 1.807) is 0 Å². The molecule has 9 heteroatoms. The lowest BCUT2D eigenvalue weighted by Gasteiger charge is -2.41. The van der Waals surface area contributed by atoms with E-state index in [-0.39, 0.29) is 26.5 Å². The van der Waals surface area contributed by atoms with Gasteiger partial charge in [0.05, 0.1) is 14.3 Å². The van der Waals surface area contributed by atoms with Crippen LogP contribution in [0.25, 0.3) is 0 Å². The molecule has 1 aromatic rings. The van der Waals surface area contributed by atoms with Crippen molar-refractivity contribution >= 4 is 31.6 Å². The lowest BCUT2D eigenvalue weighted by Crippen LogP contribution is -2.53. The molecule has 22 heavy (non-hydrogen) atoms. The highest BCUT2D eigenvalue weighted by Gasteiger charge is 2.39. The van der Waals surface area contributed by atoms with Crippen LogP contribution in [0.2, 0.25) is 0 Å². The summed E-state index contributed by atoms with van der Waals surface area (Å²) in [5.74, 6) is 0. The smallest absolute Gasteiger partial charge is 0.283 e. The average molecular weight is 392 g/mol. The summed E-state index contributed by atoms with van der Waals surface area (Å²) in [4.78, 5) is 10.3. The average Bonchev–Trinajstić information content (AvgIpc) is 2.41. The van der Waals surface area contributed by atoms with Gasteiger partial charge in [0.2, 0.25) is 10.0 Å². The summed E-state index contributed by atoms with van der Waals surface area (Å²) in [7, 11) is -3.70. The van der Waals surface area contributed by atoms with Crippen LogP contribution in [-0.2, 0) is 10.0 Å². The molecule has 1 aliphatic rings. The van der Waals surface area contributed by atoms with Gasteiger partial charge in [0, 0.05) is 25.2 Å². The van der Waals surface area contributed by atoms with E-state index in [4.69, 9.17) is 5.73 Å². The third-order valence-electron chi connectivity index (χ3n) is 4.03. The first-order chi connectivity index (χ1) is 10.1. The lowest BCUT2D eigenvalue weighted by molar-refractivity contribution is -0.385. The van der Waals surface area contributed by atoms with E-state index in [1.807, 2.05) is 13.8 Å². The molecule has 1 saturated heterocycles. The van der Waals surface area contributed by atoms with Crippen molar-refractivity contribution in [3.8, 4) is 0 Å². The Balaban J connectivity index is 2.35. The molecule has 0 bridgehead atoms. The molecule has 7 nitrogen and oxygen atoms in total. The number of benzene rings is 1. The van der Waals surface area contributed by atoms with Gasteiger partial charge < -0.3 is 5.73 Å². The number of nitro benzene ring substituents is 1. The Hall–Kier alpha value is -1.03. The number of sulfonamides is 1. The van der Waals surface area contributed by atoms with Gasteiger partial charge in [0.15, 0.2) is 0 Å². The minimum Gasteiger partial charge on any atom is -0.327 e. The molecule has 2 rings (SSSR count). The first kappa shape index (κ1) is 17.3. The highest BCUT2D eigenvalue weighted by atomic mass is 79.9. The van der Waals surface area contributed by atoms with Crippen molar-refractivity contribution in [1.29, 1.82) is 0 Å². The Bertz CT molecular complexity index is 705. The molecule has 1 atom stereocenters. The van der Waals surface area contributed by atoms with Crippen LogP contribution >= 0.6 is 15.9 Å². The van der Waals surface area contributed by atoms with Crippen molar-refractivity contribution in [2.24, 2.45) is 11.1 Å². The third kappa shape index (κ3) is 3.17. The predicted octanol–water partition coefficient (Wildman–Crippen LogP) is 2.11. The van der Waals surface area contributed by atoms with E-state index in [0.717, 1.165) is 0 Å². The van der Waals surface area contributed by atoms with Gasteiger partial charge in [0.1, 0.15) is 0 Å². The Morgan fingerprint density at radius 2 is 2.09 bits per heavy atom. The van der Waals surface area contributed by atoms with Gasteiger partial charge in [0.25, 0.3) is 5.69 Å². The number of halogens is 1. The van der Waals surface area contributed by atoms with Crippen LogP contribution in [-0.4, -0.2) is 36.8 Å². The van der Waals surface area contributed by atoms with Gasteiger partial charge in [-0.3, -0.25) is 10.1 Å². The van der Waals surface area contributed by atoms with Gasteiger partial charge in [-0.05, 0) is 39.9 Å². The molecular weight excluding hydrogens is 374 g/mol. The Kier molecular flexibility index (Phi) is 4.63. The van der Waals surface area contributed by atoms with Crippen LogP contribution in [0, 0.1) is 15.5 Å². The zero-order valence-electron chi connectivity index (χ0n) is 12.3. The highest BCUT2D eigenvalue weighted by Crippen LogP contribution is 2.33. The summed E-state index contributed by atoms with van der Waals surface area (Å²) in [6, 6.07) is 3.68.